The maximum absolute atomic E-state index is 13.3. The fourth-order valence-corrected chi connectivity index (χ4v) is 1.28. The van der Waals surface area contributed by atoms with Crippen molar-refractivity contribution in [2.45, 2.75) is 19.5 Å². The van der Waals surface area contributed by atoms with Crippen LogP contribution in [0, 0.1) is 11.6 Å². The lowest BCUT2D eigenvalue weighted by atomic mass is 10.1. The second-order valence-electron chi connectivity index (χ2n) is 3.71. The van der Waals surface area contributed by atoms with E-state index in [4.69, 9.17) is 5.73 Å². The van der Waals surface area contributed by atoms with Crippen LogP contribution in [0.4, 0.5) is 8.78 Å². The number of nitrogens with two attached hydrogens (primary N) is 1. The third-order valence-corrected chi connectivity index (χ3v) is 2.54. The van der Waals surface area contributed by atoms with E-state index in [1.165, 1.54) is 6.07 Å². The molecule has 0 aliphatic heterocycles. The molecule has 0 spiro atoms. The third-order valence-electron chi connectivity index (χ3n) is 2.54. The van der Waals surface area contributed by atoms with E-state index in [1.807, 2.05) is 18.9 Å². The molecule has 0 saturated heterocycles. The number of benzene rings is 1. The summed E-state index contributed by atoms with van der Waals surface area (Å²) in [5.41, 5.74) is 5.84. The number of hydrogen-bond acceptors (Lipinski definition) is 2. The zero-order chi connectivity index (χ0) is 11.4. The van der Waals surface area contributed by atoms with Gasteiger partial charge in [-0.1, -0.05) is 12.1 Å². The number of nitrogens with zero attached hydrogens (tertiary/aromatic N) is 1. The molecule has 4 heteroatoms. The van der Waals surface area contributed by atoms with Crippen molar-refractivity contribution in [3.05, 3.63) is 35.4 Å². The average molecular weight is 214 g/mol. The summed E-state index contributed by atoms with van der Waals surface area (Å²) < 4.78 is 26.2. The zero-order valence-corrected chi connectivity index (χ0v) is 9.00. The van der Waals surface area contributed by atoms with Crippen molar-refractivity contribution >= 4 is 0 Å². The van der Waals surface area contributed by atoms with Crippen LogP contribution in [-0.2, 0) is 6.54 Å². The van der Waals surface area contributed by atoms with Crippen LogP contribution in [0.3, 0.4) is 0 Å². The molecule has 1 unspecified atom stereocenters. The van der Waals surface area contributed by atoms with E-state index in [1.54, 1.807) is 6.07 Å². The van der Waals surface area contributed by atoms with Crippen LogP contribution in [0.15, 0.2) is 18.2 Å². The first-order chi connectivity index (χ1) is 7.06. The van der Waals surface area contributed by atoms with Gasteiger partial charge < -0.3 is 5.73 Å². The molecular formula is C11H16F2N2. The van der Waals surface area contributed by atoms with Gasteiger partial charge in [0.2, 0.25) is 0 Å². The van der Waals surface area contributed by atoms with Crippen molar-refractivity contribution in [2.75, 3.05) is 13.6 Å². The van der Waals surface area contributed by atoms with Crippen molar-refractivity contribution < 1.29 is 8.78 Å². The van der Waals surface area contributed by atoms with E-state index >= 15 is 0 Å². The van der Waals surface area contributed by atoms with Crippen LogP contribution < -0.4 is 5.73 Å². The SMILES string of the molecule is CC(CN)N(C)Cc1cccc(F)c1F. The Morgan fingerprint density at radius 2 is 2.07 bits per heavy atom. The molecule has 84 valence electrons. The highest BCUT2D eigenvalue weighted by atomic mass is 19.2. The Labute approximate surface area is 88.7 Å². The van der Waals surface area contributed by atoms with Crippen LogP contribution in [-0.4, -0.2) is 24.5 Å². The molecule has 0 aliphatic rings. The largest absolute Gasteiger partial charge is 0.329 e. The minimum Gasteiger partial charge on any atom is -0.329 e. The Kier molecular flexibility index (Phi) is 4.17. The first kappa shape index (κ1) is 12.1. The predicted octanol–water partition coefficient (Wildman–Crippen LogP) is 1.74. The van der Waals surface area contributed by atoms with Crippen molar-refractivity contribution in [3.63, 3.8) is 0 Å². The minimum atomic E-state index is -0.804. The van der Waals surface area contributed by atoms with Crippen LogP contribution in [0.2, 0.25) is 0 Å². The summed E-state index contributed by atoms with van der Waals surface area (Å²) in [6.45, 7) is 2.80. The molecule has 0 aromatic heterocycles. The van der Waals surface area contributed by atoms with Gasteiger partial charge in [0.1, 0.15) is 0 Å². The van der Waals surface area contributed by atoms with Gasteiger partial charge in [0.05, 0.1) is 0 Å². The second kappa shape index (κ2) is 5.19. The molecule has 15 heavy (non-hydrogen) atoms. The van der Waals surface area contributed by atoms with E-state index in [0.717, 1.165) is 6.07 Å². The summed E-state index contributed by atoms with van der Waals surface area (Å²) in [7, 11) is 1.84. The molecule has 0 fully saturated rings. The lowest BCUT2D eigenvalue weighted by Gasteiger charge is -2.23. The van der Waals surface area contributed by atoms with Crippen LogP contribution >= 0.6 is 0 Å². The normalized spacial score (nSPS) is 13.2. The zero-order valence-electron chi connectivity index (χ0n) is 9.00. The summed E-state index contributed by atoms with van der Waals surface area (Å²) in [4.78, 5) is 1.89. The Morgan fingerprint density at radius 1 is 1.40 bits per heavy atom. The summed E-state index contributed by atoms with van der Waals surface area (Å²) >= 11 is 0. The van der Waals surface area contributed by atoms with Gasteiger partial charge >= 0.3 is 0 Å². The molecule has 0 amide bonds. The van der Waals surface area contributed by atoms with Crippen LogP contribution in [0.1, 0.15) is 12.5 Å². The van der Waals surface area contributed by atoms with E-state index < -0.39 is 11.6 Å². The maximum atomic E-state index is 13.3. The highest BCUT2D eigenvalue weighted by Gasteiger charge is 2.12. The molecule has 0 bridgehead atoms. The average Bonchev–Trinajstić information content (AvgIpc) is 2.23. The summed E-state index contributed by atoms with van der Waals surface area (Å²) in [5.74, 6) is -1.57. The number of hydrogen-bond donors (Lipinski definition) is 1. The van der Waals surface area contributed by atoms with Gasteiger partial charge in [0.25, 0.3) is 0 Å². The van der Waals surface area contributed by atoms with E-state index in [9.17, 15) is 8.78 Å². The van der Waals surface area contributed by atoms with E-state index in [2.05, 4.69) is 0 Å². The van der Waals surface area contributed by atoms with Gasteiger partial charge in [-0.25, -0.2) is 8.78 Å². The van der Waals surface area contributed by atoms with Crippen molar-refractivity contribution in [2.24, 2.45) is 5.73 Å². The molecule has 0 saturated carbocycles. The maximum Gasteiger partial charge on any atom is 0.163 e. The second-order valence-corrected chi connectivity index (χ2v) is 3.71. The molecular weight excluding hydrogens is 198 g/mol. The molecule has 2 nitrogen and oxygen atoms in total. The fraction of sp³-hybridized carbons (Fsp3) is 0.455. The van der Waals surface area contributed by atoms with Gasteiger partial charge in [-0.05, 0) is 20.0 Å². The van der Waals surface area contributed by atoms with Gasteiger partial charge in [0, 0.05) is 24.7 Å². The summed E-state index contributed by atoms with van der Waals surface area (Å²) in [5, 5.41) is 0. The van der Waals surface area contributed by atoms with Crippen molar-refractivity contribution in [3.8, 4) is 0 Å². The first-order valence-electron chi connectivity index (χ1n) is 4.89. The van der Waals surface area contributed by atoms with E-state index in [-0.39, 0.29) is 6.04 Å². The molecule has 0 radical (unpaired) electrons. The molecule has 1 aromatic carbocycles. The predicted molar refractivity (Wildman–Crippen MR) is 56.3 cm³/mol. The molecule has 1 atom stereocenters. The minimum absolute atomic E-state index is 0.146. The van der Waals surface area contributed by atoms with Crippen molar-refractivity contribution in [1.82, 2.24) is 4.90 Å². The van der Waals surface area contributed by atoms with Gasteiger partial charge in [-0.15, -0.1) is 0 Å². The van der Waals surface area contributed by atoms with Crippen LogP contribution in [0.5, 0.6) is 0 Å². The van der Waals surface area contributed by atoms with Crippen molar-refractivity contribution in [1.29, 1.82) is 0 Å². The Hall–Kier alpha value is -1.00. The molecule has 0 heterocycles. The quantitative estimate of drug-likeness (QED) is 0.827. The Bertz CT molecular complexity index is 328. The fourth-order valence-electron chi connectivity index (χ4n) is 1.28. The topological polar surface area (TPSA) is 29.3 Å². The number of rotatable bonds is 4. The standard InChI is InChI=1S/C11H16F2N2/c1-8(6-14)15(2)7-9-4-3-5-10(12)11(9)13/h3-5,8H,6-7,14H2,1-2H3. The summed E-state index contributed by atoms with van der Waals surface area (Å²) in [6, 6.07) is 4.35. The van der Waals surface area contributed by atoms with E-state index in [0.29, 0.717) is 18.7 Å². The van der Waals surface area contributed by atoms with Gasteiger partial charge in [0.15, 0.2) is 11.6 Å². The monoisotopic (exact) mass is 214 g/mol. The Balaban J connectivity index is 2.76. The van der Waals surface area contributed by atoms with Gasteiger partial charge in [-0.2, -0.15) is 0 Å². The molecule has 2 N–H and O–H groups in total. The first-order valence-corrected chi connectivity index (χ1v) is 4.89. The number of halogens is 2. The lowest BCUT2D eigenvalue weighted by Crippen LogP contribution is -2.35. The highest BCUT2D eigenvalue weighted by Crippen LogP contribution is 2.13. The highest BCUT2D eigenvalue weighted by molar-refractivity contribution is 5.18. The Morgan fingerprint density at radius 3 is 2.67 bits per heavy atom. The smallest absolute Gasteiger partial charge is 0.163 e. The lowest BCUT2D eigenvalue weighted by molar-refractivity contribution is 0.250. The molecule has 0 aliphatic carbocycles. The number of likely N-dealkylation sites (N-methyl/N-ethyl adjacent to an activating group) is 1. The third kappa shape index (κ3) is 2.97. The van der Waals surface area contributed by atoms with Crippen LogP contribution in [0.25, 0.3) is 0 Å². The van der Waals surface area contributed by atoms with Gasteiger partial charge in [-0.3, -0.25) is 4.90 Å². The molecule has 1 rings (SSSR count). The summed E-state index contributed by atoms with van der Waals surface area (Å²) in [6.07, 6.45) is 0. The molecule has 1 aromatic rings.